The van der Waals surface area contributed by atoms with Gasteiger partial charge in [-0.15, -0.1) is 0 Å². The maximum absolute atomic E-state index is 5.39. The SMILES string of the molecule is C[Si]1(C)c2ccc(-c3ccccc3)cc2-c2ccc(-c3nc(-c4ccccc4)nc(-c4cc5c(cc4-c4ccccc4)-c4ccccc4[Si]5(C)C)n3)cc21. The minimum absolute atomic E-state index is 0.683. The average molecular weight is 726 g/mol. The molecule has 0 N–H and O–H groups in total. The van der Waals surface area contributed by atoms with Crippen LogP contribution >= 0.6 is 0 Å². The van der Waals surface area contributed by atoms with E-state index in [4.69, 9.17) is 15.0 Å². The highest BCUT2D eigenvalue weighted by Crippen LogP contribution is 2.39. The van der Waals surface area contributed by atoms with E-state index in [1.54, 1.807) is 0 Å². The summed E-state index contributed by atoms with van der Waals surface area (Å²) in [5.74, 6) is 2.09. The van der Waals surface area contributed by atoms with Crippen LogP contribution < -0.4 is 20.7 Å². The molecular weight excluding hydrogens is 687 g/mol. The lowest BCUT2D eigenvalue weighted by Gasteiger charge is -2.21. The molecular formula is C49H39N3Si2. The van der Waals surface area contributed by atoms with Gasteiger partial charge in [-0.2, -0.15) is 0 Å². The van der Waals surface area contributed by atoms with E-state index < -0.39 is 16.1 Å². The molecule has 0 amide bonds. The Hall–Kier alpha value is -6.02. The first kappa shape index (κ1) is 32.6. The molecule has 0 spiro atoms. The normalized spacial score (nSPS) is 14.2. The second kappa shape index (κ2) is 12.3. The topological polar surface area (TPSA) is 38.7 Å². The molecule has 1 aromatic heterocycles. The van der Waals surface area contributed by atoms with Crippen molar-refractivity contribution in [2.24, 2.45) is 0 Å². The van der Waals surface area contributed by atoms with E-state index >= 15 is 0 Å². The molecule has 0 atom stereocenters. The summed E-state index contributed by atoms with van der Waals surface area (Å²) in [7, 11) is -3.98. The van der Waals surface area contributed by atoms with Crippen LogP contribution in [0.25, 0.3) is 78.7 Å². The minimum Gasteiger partial charge on any atom is -0.208 e. The Morgan fingerprint density at radius 3 is 1.48 bits per heavy atom. The molecule has 258 valence electrons. The highest BCUT2D eigenvalue weighted by molar-refractivity contribution is 7.04. The van der Waals surface area contributed by atoms with Crippen LogP contribution in [0.5, 0.6) is 0 Å². The van der Waals surface area contributed by atoms with Crippen molar-refractivity contribution in [2.45, 2.75) is 26.2 Å². The summed E-state index contributed by atoms with van der Waals surface area (Å²) in [6.45, 7) is 9.88. The van der Waals surface area contributed by atoms with Crippen LogP contribution in [-0.4, -0.2) is 31.1 Å². The van der Waals surface area contributed by atoms with Gasteiger partial charge in [-0.1, -0.05) is 178 Å². The number of hydrogen-bond acceptors (Lipinski definition) is 3. The molecule has 5 heteroatoms. The molecule has 2 aliphatic rings. The summed E-state index contributed by atoms with van der Waals surface area (Å²) < 4.78 is 0. The van der Waals surface area contributed by atoms with Crippen molar-refractivity contribution >= 4 is 36.9 Å². The Bertz CT molecular complexity index is 2760. The molecule has 0 saturated carbocycles. The van der Waals surface area contributed by atoms with Crippen LogP contribution in [0.1, 0.15) is 0 Å². The van der Waals surface area contributed by atoms with Crippen LogP contribution in [0.15, 0.2) is 164 Å². The minimum atomic E-state index is -2.00. The van der Waals surface area contributed by atoms with Crippen molar-refractivity contribution in [3.05, 3.63) is 164 Å². The standard InChI is InChI=1S/C49H39N3Si2/c1-53(2)43-23-15-14-22-37(43)41-30-39(33-18-10-6-11-19-33)42(31-46(41)53)49-51-47(34-20-12-7-13-21-34)50-48(52-49)36-24-26-38-40-28-35(32-16-8-5-9-17-32)25-27-44(40)54(3,4)45(38)29-36/h5-31H,1-4H3. The van der Waals surface area contributed by atoms with Crippen molar-refractivity contribution in [2.75, 3.05) is 0 Å². The molecule has 2 aliphatic heterocycles. The molecule has 10 rings (SSSR count). The summed E-state index contributed by atoms with van der Waals surface area (Å²) in [5, 5.41) is 5.82. The quantitative estimate of drug-likeness (QED) is 0.166. The number of benzene rings is 7. The van der Waals surface area contributed by atoms with E-state index in [0.29, 0.717) is 17.5 Å². The van der Waals surface area contributed by atoms with Gasteiger partial charge in [0.05, 0.1) is 0 Å². The van der Waals surface area contributed by atoms with Crippen molar-refractivity contribution in [1.29, 1.82) is 0 Å². The Balaban J connectivity index is 1.17. The third-order valence-corrected chi connectivity index (χ3v) is 18.8. The summed E-state index contributed by atoms with van der Waals surface area (Å²) in [6, 6.07) is 59.5. The third-order valence-electron chi connectivity index (χ3n) is 11.8. The lowest BCUT2D eigenvalue weighted by molar-refractivity contribution is 1.07. The van der Waals surface area contributed by atoms with Crippen molar-refractivity contribution in [3.63, 3.8) is 0 Å². The predicted molar refractivity (Wildman–Crippen MR) is 231 cm³/mol. The highest BCUT2D eigenvalue weighted by Gasteiger charge is 2.39. The first-order valence-corrected chi connectivity index (χ1v) is 24.8. The zero-order chi connectivity index (χ0) is 36.6. The first-order chi connectivity index (χ1) is 26.3. The maximum atomic E-state index is 5.39. The Morgan fingerprint density at radius 2 is 0.778 bits per heavy atom. The van der Waals surface area contributed by atoms with Crippen molar-refractivity contribution < 1.29 is 0 Å². The molecule has 0 fully saturated rings. The molecule has 3 nitrogen and oxygen atoms in total. The van der Waals surface area contributed by atoms with Crippen molar-refractivity contribution in [1.82, 2.24) is 15.0 Å². The summed E-state index contributed by atoms with van der Waals surface area (Å²) in [5.41, 5.74) is 13.2. The van der Waals surface area contributed by atoms with E-state index in [0.717, 1.165) is 27.8 Å². The van der Waals surface area contributed by atoms with Gasteiger partial charge in [-0.3, -0.25) is 0 Å². The van der Waals surface area contributed by atoms with Gasteiger partial charge in [0.1, 0.15) is 16.1 Å². The number of aromatic nitrogens is 3. The largest absolute Gasteiger partial charge is 0.208 e. The van der Waals surface area contributed by atoms with Crippen LogP contribution in [-0.2, 0) is 0 Å². The third kappa shape index (κ3) is 5.11. The summed E-state index contributed by atoms with van der Waals surface area (Å²) in [6.07, 6.45) is 0. The van der Waals surface area contributed by atoms with Crippen LogP contribution in [0.3, 0.4) is 0 Å². The highest BCUT2D eigenvalue weighted by atomic mass is 28.3. The second-order valence-electron chi connectivity index (χ2n) is 15.7. The van der Waals surface area contributed by atoms with Crippen LogP contribution in [0, 0.1) is 0 Å². The molecule has 0 radical (unpaired) electrons. The fourth-order valence-electron chi connectivity index (χ4n) is 8.83. The monoisotopic (exact) mass is 725 g/mol. The Labute approximate surface area is 319 Å². The number of hydrogen-bond donors (Lipinski definition) is 0. The summed E-state index contributed by atoms with van der Waals surface area (Å²) >= 11 is 0. The maximum Gasteiger partial charge on any atom is 0.164 e. The Kier molecular flexibility index (Phi) is 7.41. The lowest BCUT2D eigenvalue weighted by atomic mass is 9.94. The molecule has 8 aromatic rings. The zero-order valence-electron chi connectivity index (χ0n) is 30.9. The number of rotatable bonds is 5. The first-order valence-electron chi connectivity index (χ1n) is 18.8. The molecule has 0 saturated heterocycles. The molecule has 7 aromatic carbocycles. The molecule has 0 bridgehead atoms. The van der Waals surface area contributed by atoms with Crippen LogP contribution in [0.4, 0.5) is 0 Å². The van der Waals surface area contributed by atoms with Crippen LogP contribution in [0.2, 0.25) is 26.2 Å². The summed E-state index contributed by atoms with van der Waals surface area (Å²) in [4.78, 5) is 15.9. The fourth-order valence-corrected chi connectivity index (χ4v) is 15.0. The van der Waals surface area contributed by atoms with E-state index in [2.05, 4.69) is 184 Å². The molecule has 0 unspecified atom stereocenters. The average Bonchev–Trinajstić information content (AvgIpc) is 3.59. The number of nitrogens with zero attached hydrogens (tertiary/aromatic N) is 3. The zero-order valence-corrected chi connectivity index (χ0v) is 32.9. The van der Waals surface area contributed by atoms with Gasteiger partial charge in [-0.05, 0) is 77.4 Å². The van der Waals surface area contributed by atoms with Gasteiger partial charge in [-0.25, -0.2) is 15.0 Å². The second-order valence-corrected chi connectivity index (χ2v) is 24.3. The Morgan fingerprint density at radius 1 is 0.278 bits per heavy atom. The van der Waals surface area contributed by atoms with E-state index in [-0.39, 0.29) is 0 Å². The van der Waals surface area contributed by atoms with Gasteiger partial charge < -0.3 is 0 Å². The smallest absolute Gasteiger partial charge is 0.164 e. The predicted octanol–water partition coefficient (Wildman–Crippen LogP) is 9.81. The molecule has 3 heterocycles. The van der Waals surface area contributed by atoms with Gasteiger partial charge in [0.2, 0.25) is 0 Å². The van der Waals surface area contributed by atoms with E-state index in [9.17, 15) is 0 Å². The lowest BCUT2D eigenvalue weighted by Crippen LogP contribution is -2.49. The van der Waals surface area contributed by atoms with Gasteiger partial charge in [0.25, 0.3) is 0 Å². The molecule has 54 heavy (non-hydrogen) atoms. The van der Waals surface area contributed by atoms with E-state index in [1.807, 2.05) is 6.07 Å². The van der Waals surface area contributed by atoms with Gasteiger partial charge in [0.15, 0.2) is 17.5 Å². The van der Waals surface area contributed by atoms with Gasteiger partial charge in [0, 0.05) is 16.7 Å². The molecule has 0 aliphatic carbocycles. The van der Waals surface area contributed by atoms with E-state index in [1.165, 1.54) is 54.1 Å². The van der Waals surface area contributed by atoms with Gasteiger partial charge >= 0.3 is 0 Å². The number of fused-ring (bicyclic) bond motifs is 6. The fraction of sp³-hybridized carbons (Fsp3) is 0.0816. The van der Waals surface area contributed by atoms with Crippen molar-refractivity contribution in [3.8, 4) is 78.7 Å².